The van der Waals surface area contributed by atoms with Gasteiger partial charge in [-0.2, -0.15) is 5.10 Å². The van der Waals surface area contributed by atoms with Gasteiger partial charge < -0.3 is 10.6 Å². The number of hydrogen-bond donors (Lipinski definition) is 2. The van der Waals surface area contributed by atoms with Gasteiger partial charge in [0.25, 0.3) is 0 Å². The number of carbonyl (C=O) groups is 1. The van der Waals surface area contributed by atoms with Gasteiger partial charge in [-0.05, 0) is 18.9 Å². The number of hydrogen-bond acceptors (Lipinski definition) is 4. The Labute approximate surface area is 118 Å². The predicted octanol–water partition coefficient (Wildman–Crippen LogP) is 0.642. The molecule has 0 saturated heterocycles. The maximum Gasteiger partial charge on any atom is 0.239 e. The van der Waals surface area contributed by atoms with Gasteiger partial charge in [0.15, 0.2) is 5.82 Å². The lowest BCUT2D eigenvalue weighted by Gasteiger charge is -2.20. The molecule has 2 aromatic rings. The summed E-state index contributed by atoms with van der Waals surface area (Å²) >= 11 is 0. The van der Waals surface area contributed by atoms with E-state index in [-0.39, 0.29) is 5.91 Å². The zero-order valence-electron chi connectivity index (χ0n) is 11.7. The molecular weight excluding hydrogens is 254 g/mol. The van der Waals surface area contributed by atoms with Crippen LogP contribution >= 0.6 is 0 Å². The smallest absolute Gasteiger partial charge is 0.239 e. The van der Waals surface area contributed by atoms with E-state index in [1.54, 1.807) is 11.9 Å². The maximum absolute atomic E-state index is 12.2. The molecule has 1 heterocycles. The lowest BCUT2D eigenvalue weighted by molar-refractivity contribution is -0.131. The number of rotatable bonds is 5. The van der Waals surface area contributed by atoms with E-state index in [1.165, 1.54) is 0 Å². The van der Waals surface area contributed by atoms with E-state index >= 15 is 0 Å². The Bertz CT molecular complexity index is 566. The molecule has 0 radical (unpaired) electrons. The van der Waals surface area contributed by atoms with Crippen molar-refractivity contribution >= 4 is 5.91 Å². The SMILES string of the molecule is Cc1nc(CN(C)C(=O)[C@@H](N)Cc2ccccc2)n[nH]1. The highest BCUT2D eigenvalue weighted by molar-refractivity contribution is 5.81. The predicted molar refractivity (Wildman–Crippen MR) is 75.7 cm³/mol. The fourth-order valence-corrected chi connectivity index (χ4v) is 1.99. The summed E-state index contributed by atoms with van der Waals surface area (Å²) in [5.41, 5.74) is 7.02. The molecule has 6 heteroatoms. The summed E-state index contributed by atoms with van der Waals surface area (Å²) in [6, 6.07) is 9.19. The van der Waals surface area contributed by atoms with Gasteiger partial charge in [0.1, 0.15) is 5.82 Å². The zero-order chi connectivity index (χ0) is 14.5. The lowest BCUT2D eigenvalue weighted by atomic mass is 10.1. The first-order valence-electron chi connectivity index (χ1n) is 6.48. The summed E-state index contributed by atoms with van der Waals surface area (Å²) in [5.74, 6) is 1.20. The Hall–Kier alpha value is -2.21. The molecule has 0 bridgehead atoms. The molecule has 1 aromatic heterocycles. The molecule has 0 aliphatic carbocycles. The summed E-state index contributed by atoms with van der Waals surface area (Å²) in [4.78, 5) is 17.9. The Morgan fingerprint density at radius 3 is 2.70 bits per heavy atom. The van der Waals surface area contributed by atoms with Gasteiger partial charge in [-0.3, -0.25) is 9.89 Å². The largest absolute Gasteiger partial charge is 0.337 e. The Morgan fingerprint density at radius 2 is 2.10 bits per heavy atom. The van der Waals surface area contributed by atoms with E-state index in [1.807, 2.05) is 37.3 Å². The minimum atomic E-state index is -0.553. The molecule has 106 valence electrons. The first kappa shape index (κ1) is 14.2. The van der Waals surface area contributed by atoms with E-state index in [2.05, 4.69) is 15.2 Å². The molecule has 3 N–H and O–H groups in total. The molecule has 1 atom stereocenters. The van der Waals surface area contributed by atoms with Crippen LogP contribution in [-0.4, -0.2) is 39.1 Å². The van der Waals surface area contributed by atoms with Crippen LogP contribution in [0.4, 0.5) is 0 Å². The van der Waals surface area contributed by atoms with Crippen molar-refractivity contribution in [1.82, 2.24) is 20.1 Å². The van der Waals surface area contributed by atoms with Crippen LogP contribution in [-0.2, 0) is 17.8 Å². The van der Waals surface area contributed by atoms with E-state index < -0.39 is 6.04 Å². The summed E-state index contributed by atoms with van der Waals surface area (Å²) in [5, 5.41) is 6.76. The average Bonchev–Trinajstić information content (AvgIpc) is 2.84. The van der Waals surface area contributed by atoms with Crippen LogP contribution in [0, 0.1) is 6.92 Å². The standard InChI is InChI=1S/C14H19N5O/c1-10-16-13(18-17-10)9-19(2)14(20)12(15)8-11-6-4-3-5-7-11/h3-7,12H,8-9,15H2,1-2H3,(H,16,17,18)/t12-/m0/s1. The number of nitrogens with zero attached hydrogens (tertiary/aromatic N) is 3. The molecule has 20 heavy (non-hydrogen) atoms. The van der Waals surface area contributed by atoms with E-state index in [0.717, 1.165) is 11.4 Å². The van der Waals surface area contributed by atoms with Crippen molar-refractivity contribution in [3.63, 3.8) is 0 Å². The minimum Gasteiger partial charge on any atom is -0.337 e. The van der Waals surface area contributed by atoms with Gasteiger partial charge in [-0.15, -0.1) is 0 Å². The highest BCUT2D eigenvalue weighted by Gasteiger charge is 2.19. The van der Waals surface area contributed by atoms with Crippen LogP contribution in [0.3, 0.4) is 0 Å². The first-order valence-corrected chi connectivity index (χ1v) is 6.48. The van der Waals surface area contributed by atoms with Gasteiger partial charge in [0.05, 0.1) is 12.6 Å². The molecule has 0 fully saturated rings. The van der Waals surface area contributed by atoms with Crippen molar-refractivity contribution in [2.75, 3.05) is 7.05 Å². The number of carbonyl (C=O) groups excluding carboxylic acids is 1. The molecule has 1 amide bonds. The topological polar surface area (TPSA) is 87.9 Å². The number of aromatic amines is 1. The molecule has 0 aliphatic rings. The number of nitrogens with one attached hydrogen (secondary N) is 1. The van der Waals surface area contributed by atoms with E-state index in [0.29, 0.717) is 18.8 Å². The third-order valence-electron chi connectivity index (χ3n) is 3.01. The van der Waals surface area contributed by atoms with Crippen molar-refractivity contribution in [1.29, 1.82) is 0 Å². The highest BCUT2D eigenvalue weighted by Crippen LogP contribution is 2.05. The number of nitrogens with two attached hydrogens (primary N) is 1. The van der Waals surface area contributed by atoms with Crippen molar-refractivity contribution in [2.24, 2.45) is 5.73 Å². The van der Waals surface area contributed by atoms with Crippen LogP contribution in [0.1, 0.15) is 17.2 Å². The van der Waals surface area contributed by atoms with Gasteiger partial charge in [0, 0.05) is 7.05 Å². The van der Waals surface area contributed by atoms with Crippen molar-refractivity contribution in [2.45, 2.75) is 25.9 Å². The molecule has 2 rings (SSSR count). The Balaban J connectivity index is 1.92. The number of benzene rings is 1. The fraction of sp³-hybridized carbons (Fsp3) is 0.357. The number of aromatic nitrogens is 3. The summed E-state index contributed by atoms with van der Waals surface area (Å²) in [6.07, 6.45) is 0.525. The lowest BCUT2D eigenvalue weighted by Crippen LogP contribution is -2.42. The van der Waals surface area contributed by atoms with Crippen LogP contribution in [0.2, 0.25) is 0 Å². The third kappa shape index (κ3) is 3.64. The van der Waals surface area contributed by atoms with Crippen molar-refractivity contribution in [3.05, 3.63) is 47.5 Å². The highest BCUT2D eigenvalue weighted by atomic mass is 16.2. The molecule has 6 nitrogen and oxygen atoms in total. The zero-order valence-corrected chi connectivity index (χ0v) is 11.7. The summed E-state index contributed by atoms with van der Waals surface area (Å²) < 4.78 is 0. The molecule has 0 aliphatic heterocycles. The van der Waals surface area contributed by atoms with Crippen LogP contribution in [0.5, 0.6) is 0 Å². The second-order valence-electron chi connectivity index (χ2n) is 4.83. The number of amides is 1. The number of likely N-dealkylation sites (N-methyl/N-ethyl adjacent to an activating group) is 1. The van der Waals surface area contributed by atoms with Crippen molar-refractivity contribution in [3.8, 4) is 0 Å². The normalized spacial score (nSPS) is 12.2. The quantitative estimate of drug-likeness (QED) is 0.837. The molecule has 1 aromatic carbocycles. The van der Waals surface area contributed by atoms with Crippen LogP contribution in [0.25, 0.3) is 0 Å². The molecular formula is C14H19N5O. The number of H-pyrrole nitrogens is 1. The number of aryl methyl sites for hydroxylation is 1. The molecule has 0 spiro atoms. The van der Waals surface area contributed by atoms with E-state index in [4.69, 9.17) is 5.73 Å². The van der Waals surface area contributed by atoms with Gasteiger partial charge in [-0.25, -0.2) is 4.98 Å². The van der Waals surface area contributed by atoms with E-state index in [9.17, 15) is 4.79 Å². The van der Waals surface area contributed by atoms with Gasteiger partial charge >= 0.3 is 0 Å². The Kier molecular flexibility index (Phi) is 4.47. The molecule has 0 unspecified atom stereocenters. The first-order chi connectivity index (χ1) is 9.56. The Morgan fingerprint density at radius 1 is 1.40 bits per heavy atom. The molecule has 0 saturated carbocycles. The van der Waals surface area contributed by atoms with Gasteiger partial charge in [-0.1, -0.05) is 30.3 Å². The summed E-state index contributed by atoms with van der Waals surface area (Å²) in [6.45, 7) is 2.17. The average molecular weight is 273 g/mol. The van der Waals surface area contributed by atoms with Crippen LogP contribution < -0.4 is 5.73 Å². The second kappa shape index (κ2) is 6.29. The summed E-state index contributed by atoms with van der Waals surface area (Å²) in [7, 11) is 1.71. The third-order valence-corrected chi connectivity index (χ3v) is 3.01. The van der Waals surface area contributed by atoms with Crippen molar-refractivity contribution < 1.29 is 4.79 Å². The van der Waals surface area contributed by atoms with Gasteiger partial charge in [0.2, 0.25) is 5.91 Å². The fourth-order valence-electron chi connectivity index (χ4n) is 1.99. The second-order valence-corrected chi connectivity index (χ2v) is 4.83. The maximum atomic E-state index is 12.2. The van der Waals surface area contributed by atoms with Crippen LogP contribution in [0.15, 0.2) is 30.3 Å². The minimum absolute atomic E-state index is 0.115. The monoisotopic (exact) mass is 273 g/mol.